The van der Waals surface area contributed by atoms with Crippen molar-refractivity contribution in [1.82, 2.24) is 14.9 Å². The first kappa shape index (κ1) is 8.73. The largest absolute Gasteiger partial charge is 0.442 e. The lowest BCUT2D eigenvalue weighted by molar-refractivity contribution is 0.508. The molecule has 0 saturated heterocycles. The fourth-order valence-corrected chi connectivity index (χ4v) is 2.08. The third-order valence-electron chi connectivity index (χ3n) is 2.87. The Morgan fingerprint density at radius 2 is 2.40 bits per heavy atom. The Bertz CT molecular complexity index is 484. The van der Waals surface area contributed by atoms with Gasteiger partial charge in [-0.25, -0.2) is 4.98 Å². The number of hydrogen-bond donors (Lipinski definition) is 1. The second-order valence-corrected chi connectivity index (χ2v) is 3.81. The van der Waals surface area contributed by atoms with Crippen LogP contribution in [0, 0.1) is 6.92 Å². The molecule has 0 atom stereocenters. The number of aromatic nitrogens is 2. The number of nitrogens with zero attached hydrogens (tertiary/aromatic N) is 2. The monoisotopic (exact) mass is 203 g/mol. The van der Waals surface area contributed by atoms with Gasteiger partial charge in [0, 0.05) is 25.3 Å². The molecular weight excluding hydrogens is 190 g/mol. The first-order valence-corrected chi connectivity index (χ1v) is 5.16. The zero-order valence-electron chi connectivity index (χ0n) is 8.66. The summed E-state index contributed by atoms with van der Waals surface area (Å²) in [5.74, 6) is 0.892. The van der Waals surface area contributed by atoms with E-state index < -0.39 is 0 Å². The molecule has 3 rings (SSSR count). The summed E-state index contributed by atoms with van der Waals surface area (Å²) in [5, 5.41) is 3.35. The zero-order chi connectivity index (χ0) is 10.3. The van der Waals surface area contributed by atoms with Crippen LogP contribution >= 0.6 is 0 Å². The zero-order valence-corrected chi connectivity index (χ0v) is 8.66. The molecule has 1 aliphatic heterocycles. The van der Waals surface area contributed by atoms with Crippen molar-refractivity contribution < 1.29 is 4.42 Å². The summed E-state index contributed by atoms with van der Waals surface area (Å²) < 4.78 is 7.72. The lowest BCUT2D eigenvalue weighted by atomic mass is 10.3. The van der Waals surface area contributed by atoms with Crippen LogP contribution in [0.1, 0.15) is 11.4 Å². The molecule has 3 heterocycles. The molecule has 0 unspecified atom stereocenters. The number of aryl methyl sites for hydroxylation is 1. The number of oxazole rings is 1. The van der Waals surface area contributed by atoms with E-state index in [0.29, 0.717) is 0 Å². The molecule has 1 aliphatic rings. The fourth-order valence-electron chi connectivity index (χ4n) is 2.08. The van der Waals surface area contributed by atoms with Gasteiger partial charge in [-0.3, -0.25) is 0 Å². The maximum absolute atomic E-state index is 5.42. The van der Waals surface area contributed by atoms with Crippen molar-refractivity contribution in [2.75, 3.05) is 6.54 Å². The van der Waals surface area contributed by atoms with Crippen molar-refractivity contribution in [2.45, 2.75) is 20.0 Å². The van der Waals surface area contributed by atoms with E-state index >= 15 is 0 Å². The third-order valence-corrected chi connectivity index (χ3v) is 2.87. The van der Waals surface area contributed by atoms with Crippen LogP contribution in [0.4, 0.5) is 0 Å². The average molecular weight is 203 g/mol. The van der Waals surface area contributed by atoms with Gasteiger partial charge in [0.2, 0.25) is 0 Å². The quantitative estimate of drug-likeness (QED) is 0.764. The molecule has 0 fully saturated rings. The molecule has 0 aliphatic carbocycles. The first-order chi connectivity index (χ1) is 7.36. The topological polar surface area (TPSA) is 43.0 Å². The van der Waals surface area contributed by atoms with E-state index in [0.717, 1.165) is 36.8 Å². The van der Waals surface area contributed by atoms with Gasteiger partial charge in [-0.1, -0.05) is 0 Å². The van der Waals surface area contributed by atoms with E-state index in [1.54, 1.807) is 0 Å². The summed E-state index contributed by atoms with van der Waals surface area (Å²) >= 11 is 0. The second-order valence-electron chi connectivity index (χ2n) is 3.81. The van der Waals surface area contributed by atoms with Gasteiger partial charge in [0.05, 0.1) is 11.4 Å². The predicted molar refractivity (Wildman–Crippen MR) is 56.4 cm³/mol. The Labute approximate surface area is 87.9 Å². The van der Waals surface area contributed by atoms with Gasteiger partial charge in [-0.05, 0) is 19.1 Å². The maximum Gasteiger partial charge on any atom is 0.181 e. The van der Waals surface area contributed by atoms with Crippen LogP contribution in [-0.2, 0) is 13.1 Å². The minimum Gasteiger partial charge on any atom is -0.442 e. The van der Waals surface area contributed by atoms with Gasteiger partial charge in [0.25, 0.3) is 0 Å². The lowest BCUT2D eigenvalue weighted by Gasteiger charge is -2.18. The molecule has 1 N–H and O–H groups in total. The van der Waals surface area contributed by atoms with Gasteiger partial charge in [-0.15, -0.1) is 0 Å². The summed E-state index contributed by atoms with van der Waals surface area (Å²) in [6.07, 6.45) is 1.51. The number of hydrogen-bond acceptors (Lipinski definition) is 3. The maximum atomic E-state index is 5.42. The molecule has 0 saturated carbocycles. The minimum atomic E-state index is 0.892. The van der Waals surface area contributed by atoms with Gasteiger partial charge in [-0.2, -0.15) is 0 Å². The van der Waals surface area contributed by atoms with Crippen LogP contribution < -0.4 is 5.32 Å². The normalized spacial score (nSPS) is 15.3. The number of rotatable bonds is 1. The van der Waals surface area contributed by atoms with Gasteiger partial charge < -0.3 is 14.3 Å². The van der Waals surface area contributed by atoms with Crippen LogP contribution in [0.25, 0.3) is 11.5 Å². The summed E-state index contributed by atoms with van der Waals surface area (Å²) in [5.41, 5.74) is 3.41. The third kappa shape index (κ3) is 1.29. The second kappa shape index (κ2) is 3.24. The standard InChI is InChI=1S/C11H13N3O/c1-8-11(15-7-13-8)10-3-2-9-6-12-4-5-14(9)10/h2-3,7,12H,4-6H2,1H3. The van der Waals surface area contributed by atoms with Gasteiger partial charge in [0.1, 0.15) is 0 Å². The molecule has 78 valence electrons. The van der Waals surface area contributed by atoms with E-state index in [1.807, 2.05) is 6.92 Å². The van der Waals surface area contributed by atoms with E-state index in [-0.39, 0.29) is 0 Å². The molecule has 0 bridgehead atoms. The number of nitrogens with one attached hydrogen (secondary N) is 1. The molecule has 0 aromatic carbocycles. The highest BCUT2D eigenvalue weighted by atomic mass is 16.3. The molecule has 15 heavy (non-hydrogen) atoms. The Morgan fingerprint density at radius 3 is 3.20 bits per heavy atom. The molecule has 2 aromatic rings. The Hall–Kier alpha value is -1.55. The van der Waals surface area contributed by atoms with E-state index in [4.69, 9.17) is 4.42 Å². The highest BCUT2D eigenvalue weighted by molar-refractivity contribution is 5.56. The SMILES string of the molecule is Cc1ncoc1-c1ccc2n1CCNC2. The van der Waals surface area contributed by atoms with E-state index in [9.17, 15) is 0 Å². The molecule has 2 aromatic heterocycles. The molecule has 4 heteroatoms. The van der Waals surface area contributed by atoms with E-state index in [1.165, 1.54) is 12.1 Å². The van der Waals surface area contributed by atoms with Crippen LogP contribution in [0.5, 0.6) is 0 Å². The Kier molecular flexibility index (Phi) is 1.89. The van der Waals surface area contributed by atoms with E-state index in [2.05, 4.69) is 27.0 Å². The van der Waals surface area contributed by atoms with Crippen LogP contribution in [0.2, 0.25) is 0 Å². The summed E-state index contributed by atoms with van der Waals surface area (Å²) in [4.78, 5) is 4.13. The van der Waals surface area contributed by atoms with Crippen LogP contribution in [-0.4, -0.2) is 16.1 Å². The highest BCUT2D eigenvalue weighted by Gasteiger charge is 2.16. The van der Waals surface area contributed by atoms with Crippen LogP contribution in [0.3, 0.4) is 0 Å². The lowest BCUT2D eigenvalue weighted by Crippen LogP contribution is -2.27. The Morgan fingerprint density at radius 1 is 1.47 bits per heavy atom. The average Bonchev–Trinajstić information content (AvgIpc) is 2.83. The molecule has 0 amide bonds. The van der Waals surface area contributed by atoms with Crippen molar-refractivity contribution in [3.8, 4) is 11.5 Å². The van der Waals surface area contributed by atoms with Crippen molar-refractivity contribution in [3.05, 3.63) is 29.9 Å². The fraction of sp³-hybridized carbons (Fsp3) is 0.364. The molecular formula is C11H13N3O. The summed E-state index contributed by atoms with van der Waals surface area (Å²) in [7, 11) is 0. The summed E-state index contributed by atoms with van der Waals surface area (Å²) in [6, 6.07) is 4.25. The van der Waals surface area contributed by atoms with Crippen LogP contribution in [0.15, 0.2) is 22.9 Å². The smallest absolute Gasteiger partial charge is 0.181 e. The van der Waals surface area contributed by atoms with Gasteiger partial charge in [0.15, 0.2) is 12.2 Å². The first-order valence-electron chi connectivity index (χ1n) is 5.16. The molecule has 0 spiro atoms. The Balaban J connectivity index is 2.13. The molecule has 0 radical (unpaired) electrons. The summed E-state index contributed by atoms with van der Waals surface area (Å²) in [6.45, 7) is 4.92. The van der Waals surface area contributed by atoms with Crippen molar-refractivity contribution in [2.24, 2.45) is 0 Å². The highest BCUT2D eigenvalue weighted by Crippen LogP contribution is 2.26. The molecule has 4 nitrogen and oxygen atoms in total. The predicted octanol–water partition coefficient (Wildman–Crippen LogP) is 1.55. The minimum absolute atomic E-state index is 0.892. The van der Waals surface area contributed by atoms with Gasteiger partial charge >= 0.3 is 0 Å². The van der Waals surface area contributed by atoms with Crippen molar-refractivity contribution in [1.29, 1.82) is 0 Å². The van der Waals surface area contributed by atoms with Crippen molar-refractivity contribution in [3.63, 3.8) is 0 Å². The number of fused-ring (bicyclic) bond motifs is 1. The van der Waals surface area contributed by atoms with Crippen molar-refractivity contribution >= 4 is 0 Å².